The van der Waals surface area contributed by atoms with Crippen LogP contribution in [0.5, 0.6) is 5.75 Å². The number of ether oxygens (including phenoxy) is 1. The van der Waals surface area contributed by atoms with Crippen LogP contribution < -0.4 is 20.5 Å². The third-order valence-electron chi connectivity index (χ3n) is 7.30. The summed E-state index contributed by atoms with van der Waals surface area (Å²) in [6.07, 6.45) is 2.92. The van der Waals surface area contributed by atoms with Gasteiger partial charge in [0.2, 0.25) is 5.95 Å². The van der Waals surface area contributed by atoms with Gasteiger partial charge >= 0.3 is 6.61 Å². The minimum Gasteiger partial charge on any atom is -0.434 e. The fourth-order valence-electron chi connectivity index (χ4n) is 5.30. The molecular formula is C26H27F2N7O3. The molecule has 0 saturated carbocycles. The molecule has 38 heavy (non-hydrogen) atoms. The lowest BCUT2D eigenvalue weighted by atomic mass is 10.1. The first-order valence-electron chi connectivity index (χ1n) is 12.4. The van der Waals surface area contributed by atoms with Gasteiger partial charge in [0.05, 0.1) is 17.4 Å². The quantitative estimate of drug-likeness (QED) is 0.395. The zero-order valence-corrected chi connectivity index (χ0v) is 20.7. The Kier molecular flexibility index (Phi) is 6.30. The zero-order chi connectivity index (χ0) is 26.4. The molecule has 198 valence electrons. The monoisotopic (exact) mass is 523 g/mol. The van der Waals surface area contributed by atoms with Gasteiger partial charge in [0, 0.05) is 62.8 Å². The van der Waals surface area contributed by atoms with Gasteiger partial charge in [-0.1, -0.05) is 24.3 Å². The number of halogens is 2. The minimum atomic E-state index is -2.94. The summed E-state index contributed by atoms with van der Waals surface area (Å²) in [7, 11) is 1.65. The van der Waals surface area contributed by atoms with E-state index in [2.05, 4.69) is 24.9 Å². The third-order valence-corrected chi connectivity index (χ3v) is 7.30. The highest BCUT2D eigenvalue weighted by Gasteiger charge is 2.36. The molecule has 2 N–H and O–H groups in total. The van der Waals surface area contributed by atoms with Crippen molar-refractivity contribution < 1.29 is 18.6 Å². The number of nitrogens with one attached hydrogen (secondary N) is 1. The summed E-state index contributed by atoms with van der Waals surface area (Å²) in [6.45, 7) is 0.107. The molecule has 2 aliphatic heterocycles. The van der Waals surface area contributed by atoms with Crippen molar-refractivity contribution in [2.45, 2.75) is 25.5 Å². The highest BCUT2D eigenvalue weighted by Crippen LogP contribution is 2.27. The molecule has 2 aromatic carbocycles. The van der Waals surface area contributed by atoms with Gasteiger partial charge < -0.3 is 14.7 Å². The number of hydrogen-bond donors (Lipinski definition) is 2. The molecule has 2 fully saturated rings. The molecule has 4 aromatic rings. The number of para-hydroxylation sites is 1. The van der Waals surface area contributed by atoms with Gasteiger partial charge in [0.1, 0.15) is 5.75 Å². The lowest BCUT2D eigenvalue weighted by molar-refractivity contribution is -0.0505. The number of rotatable bonds is 6. The van der Waals surface area contributed by atoms with Crippen molar-refractivity contribution in [3.8, 4) is 16.9 Å². The van der Waals surface area contributed by atoms with Crippen LogP contribution in [0.4, 0.5) is 14.7 Å². The molecule has 2 aromatic heterocycles. The molecule has 1 unspecified atom stereocenters. The number of alkyl halides is 2. The molecule has 10 nitrogen and oxygen atoms in total. The summed E-state index contributed by atoms with van der Waals surface area (Å²) < 4.78 is 33.7. The van der Waals surface area contributed by atoms with Crippen molar-refractivity contribution in [1.29, 1.82) is 0 Å². The van der Waals surface area contributed by atoms with Gasteiger partial charge in [0.15, 0.2) is 6.35 Å². The number of fused-ring (bicyclic) bond motifs is 2. The Morgan fingerprint density at radius 2 is 1.92 bits per heavy atom. The first-order valence-corrected chi connectivity index (χ1v) is 12.4. The summed E-state index contributed by atoms with van der Waals surface area (Å²) >= 11 is 0. The van der Waals surface area contributed by atoms with Crippen LogP contribution in [0, 0.1) is 0 Å². The smallest absolute Gasteiger partial charge is 0.387 e. The fourth-order valence-corrected chi connectivity index (χ4v) is 5.30. The number of aromatic nitrogens is 4. The van der Waals surface area contributed by atoms with Crippen LogP contribution in [-0.4, -0.2) is 74.5 Å². The summed E-state index contributed by atoms with van der Waals surface area (Å²) in [5.74, 6) is 0.698. The predicted octanol–water partition coefficient (Wildman–Crippen LogP) is 1.82. The van der Waals surface area contributed by atoms with E-state index < -0.39 is 13.0 Å². The topological polar surface area (TPSA) is 101 Å². The molecule has 12 heteroatoms. The Bertz CT molecular complexity index is 1520. The summed E-state index contributed by atoms with van der Waals surface area (Å²) in [6, 6.07) is 12.3. The van der Waals surface area contributed by atoms with E-state index in [0.29, 0.717) is 35.5 Å². The SMILES string of the molecule is Cn1c(=O)c2ccc(-c3cnc(N4CCN5C(O)NC[C@@H]5C4)nc3)cc2n1Cc1ccccc1OC(F)F. The maximum atomic E-state index is 12.9. The molecular weight excluding hydrogens is 496 g/mol. The number of aliphatic hydroxyl groups excluding tert-OH is 1. The number of nitrogens with zero attached hydrogens (tertiary/aromatic N) is 6. The van der Waals surface area contributed by atoms with Gasteiger partial charge in [-0.25, -0.2) is 9.97 Å². The zero-order valence-electron chi connectivity index (χ0n) is 20.7. The van der Waals surface area contributed by atoms with Crippen LogP contribution in [0.1, 0.15) is 5.56 Å². The molecule has 0 spiro atoms. The Hall–Kier alpha value is -3.87. The molecule has 4 heterocycles. The minimum absolute atomic E-state index is 0.0701. The predicted molar refractivity (Wildman–Crippen MR) is 137 cm³/mol. The second kappa shape index (κ2) is 9.78. The summed E-state index contributed by atoms with van der Waals surface area (Å²) in [5.41, 5.74) is 2.62. The van der Waals surface area contributed by atoms with Gasteiger partial charge in [0.25, 0.3) is 5.56 Å². The standard InChI is InChI=1S/C26H27F2N7O3/c1-32-23(36)20-7-6-16(10-21(20)35(32)14-17-4-2-3-5-22(17)38-24(27)28)18-11-29-25(30-12-18)33-8-9-34-19(15-33)13-31-26(34)37/h2-7,10-12,19,24,26,31,37H,8-9,13-15H2,1H3/t19-,26?/m1/s1. The lowest BCUT2D eigenvalue weighted by Crippen LogP contribution is -2.54. The maximum Gasteiger partial charge on any atom is 0.387 e. The first kappa shape index (κ1) is 24.5. The summed E-state index contributed by atoms with van der Waals surface area (Å²) in [4.78, 5) is 26.3. The molecule has 0 aliphatic carbocycles. The van der Waals surface area contributed by atoms with E-state index in [1.807, 2.05) is 17.0 Å². The van der Waals surface area contributed by atoms with Crippen LogP contribution in [0.2, 0.25) is 0 Å². The number of anilines is 1. The summed E-state index contributed by atoms with van der Waals surface area (Å²) in [5, 5.41) is 13.6. The number of hydrogen-bond acceptors (Lipinski definition) is 8. The van der Waals surface area contributed by atoms with E-state index in [0.717, 1.165) is 24.2 Å². The molecule has 0 radical (unpaired) electrons. The Morgan fingerprint density at radius 1 is 1.13 bits per heavy atom. The van der Waals surface area contributed by atoms with Crippen LogP contribution in [0.25, 0.3) is 22.0 Å². The van der Waals surface area contributed by atoms with E-state index in [1.54, 1.807) is 48.4 Å². The van der Waals surface area contributed by atoms with Crippen molar-refractivity contribution in [3.63, 3.8) is 0 Å². The second-order valence-corrected chi connectivity index (χ2v) is 9.50. The number of benzene rings is 2. The van der Waals surface area contributed by atoms with Crippen molar-refractivity contribution in [1.82, 2.24) is 29.5 Å². The van der Waals surface area contributed by atoms with Gasteiger partial charge in [-0.2, -0.15) is 8.78 Å². The number of aliphatic hydroxyl groups is 1. The molecule has 0 bridgehead atoms. The van der Waals surface area contributed by atoms with Crippen LogP contribution >= 0.6 is 0 Å². The van der Waals surface area contributed by atoms with E-state index in [9.17, 15) is 18.7 Å². The average Bonchev–Trinajstić information content (AvgIpc) is 3.41. The van der Waals surface area contributed by atoms with E-state index in [4.69, 9.17) is 0 Å². The second-order valence-electron chi connectivity index (χ2n) is 9.50. The molecule has 2 saturated heterocycles. The van der Waals surface area contributed by atoms with Crippen LogP contribution in [0.15, 0.2) is 59.7 Å². The molecule has 6 rings (SSSR count). The van der Waals surface area contributed by atoms with E-state index in [1.165, 1.54) is 10.7 Å². The Labute approximate surface area is 216 Å². The van der Waals surface area contributed by atoms with Gasteiger partial charge in [-0.3, -0.25) is 24.4 Å². The van der Waals surface area contributed by atoms with E-state index >= 15 is 0 Å². The Balaban J connectivity index is 1.28. The van der Waals surface area contributed by atoms with E-state index in [-0.39, 0.29) is 23.9 Å². The highest BCUT2D eigenvalue weighted by molar-refractivity contribution is 5.84. The Morgan fingerprint density at radius 3 is 2.71 bits per heavy atom. The van der Waals surface area contributed by atoms with Crippen LogP contribution in [-0.2, 0) is 13.6 Å². The lowest BCUT2D eigenvalue weighted by Gasteiger charge is -2.37. The normalized spacial score (nSPS) is 19.9. The maximum absolute atomic E-state index is 12.9. The first-order chi connectivity index (χ1) is 18.4. The molecule has 2 aliphatic rings. The van der Waals surface area contributed by atoms with Crippen molar-refractivity contribution in [2.24, 2.45) is 7.05 Å². The highest BCUT2D eigenvalue weighted by atomic mass is 19.3. The van der Waals surface area contributed by atoms with Crippen molar-refractivity contribution in [3.05, 3.63) is 70.8 Å². The van der Waals surface area contributed by atoms with Crippen LogP contribution in [0.3, 0.4) is 0 Å². The van der Waals surface area contributed by atoms with Gasteiger partial charge in [-0.15, -0.1) is 0 Å². The average molecular weight is 524 g/mol. The third kappa shape index (κ3) is 4.40. The fraction of sp³-hybridized carbons (Fsp3) is 0.346. The number of piperazine rings is 1. The largest absolute Gasteiger partial charge is 0.434 e. The molecule has 0 amide bonds. The molecule has 2 atom stereocenters. The van der Waals surface area contributed by atoms with Crippen molar-refractivity contribution >= 4 is 16.9 Å². The van der Waals surface area contributed by atoms with Crippen molar-refractivity contribution in [2.75, 3.05) is 31.1 Å². The van der Waals surface area contributed by atoms with Gasteiger partial charge in [-0.05, 0) is 23.8 Å².